The number of esters is 1. The Bertz CT molecular complexity index is 3000. The van der Waals surface area contributed by atoms with Gasteiger partial charge in [0.2, 0.25) is 11.8 Å². The van der Waals surface area contributed by atoms with Crippen LogP contribution in [0.25, 0.3) is 33.3 Å². The van der Waals surface area contributed by atoms with E-state index in [9.17, 15) is 14.4 Å². The number of pyridine rings is 1. The number of rotatable bonds is 9. The van der Waals surface area contributed by atoms with Gasteiger partial charge in [-0.1, -0.05) is 63.9 Å². The first-order chi connectivity index (χ1) is 36.9. The molecular formula is C59H76N8O9Si. The Labute approximate surface area is 455 Å². The Morgan fingerprint density at radius 2 is 1.75 bits per heavy atom. The third-order valence-electron chi connectivity index (χ3n) is 17.1. The van der Waals surface area contributed by atoms with Crippen LogP contribution in [-0.2, 0) is 62.3 Å². The highest BCUT2D eigenvalue weighted by molar-refractivity contribution is 6.27. The number of aromatic nitrogens is 2. The van der Waals surface area contributed by atoms with E-state index < -0.39 is 40.0 Å². The standard InChI is InChI=1S/C59H76N8O9Si/c1-8-64-48-17-15-41-30-45(48)46(52(64)44-14-10-22-60-50(44)38(4)73-7)31-57(5,6)36-76-56(72)59(77)19-11-23-67(62-59)54(70)47(29-39-12-9-13-40(41)28-39)61-53(69)51(37(2)3)66-25-21-58(55(66)71)20-24-63(35-58)49(68)18-16-42-32-74-27-26-65(42)43-33-75-34-43/h9-10,12-15,17,22,28,30,37-38,42-43,47,51,62H,8,11,19-21,23-27,29,31-36H2,1-7,77H3,(H,61,69)/t38-,42-,47-,51-,58+,59-/m0/s1. The number of morpholine rings is 1. The Balaban J connectivity index is 0.950. The summed E-state index contributed by atoms with van der Waals surface area (Å²) in [6, 6.07) is 16.8. The number of hydrogen-bond donors (Lipinski definition) is 2. The Hall–Kier alpha value is -5.94. The Morgan fingerprint density at radius 1 is 0.961 bits per heavy atom. The predicted octanol–water partition coefficient (Wildman–Crippen LogP) is 4.02. The zero-order valence-electron chi connectivity index (χ0n) is 46.1. The van der Waals surface area contributed by atoms with Crippen LogP contribution < -0.4 is 10.7 Å². The highest BCUT2D eigenvalue weighted by Gasteiger charge is 2.54. The molecule has 6 aliphatic heterocycles. The van der Waals surface area contributed by atoms with Crippen LogP contribution in [0.5, 0.6) is 0 Å². The van der Waals surface area contributed by atoms with Gasteiger partial charge in [0.25, 0.3) is 11.8 Å². The van der Waals surface area contributed by atoms with Crippen LogP contribution in [0.3, 0.4) is 0 Å². The summed E-state index contributed by atoms with van der Waals surface area (Å²) in [7, 11) is 2.04. The van der Waals surface area contributed by atoms with Crippen LogP contribution in [0, 0.1) is 28.6 Å². The molecule has 0 radical (unpaired) electrons. The van der Waals surface area contributed by atoms with Crippen molar-refractivity contribution >= 4 is 50.7 Å². The lowest BCUT2D eigenvalue weighted by molar-refractivity contribution is -0.158. The van der Waals surface area contributed by atoms with Crippen molar-refractivity contribution in [1.29, 1.82) is 0 Å². The smallest absolute Gasteiger partial charge is 0.323 e. The quantitative estimate of drug-likeness (QED) is 0.140. The van der Waals surface area contributed by atoms with Crippen molar-refractivity contribution in [1.82, 2.24) is 40.0 Å². The number of ether oxygens (including phenoxy) is 4. The number of hydrogen-bond acceptors (Lipinski definition) is 12. The SMILES string of the molecule is CCn1c(-c2cccnc2[C@H](C)OC)c2c3cc(ccc31)-c1cccc(c1)C[C@H](NC(=O)[C@H](C(C)C)N1CC[C@@]3(CCN(C(=O)C#C[C@H]4COCCN4C4COC4)C3)C1=O)C(=O)N1CCC[C@@]([SiH3])(N1)C(=O)OCC(C)(C)C2. The number of carbonyl (C=O) groups excluding carboxylic acids is 5. The summed E-state index contributed by atoms with van der Waals surface area (Å²) in [5.74, 6) is 4.03. The fourth-order valence-electron chi connectivity index (χ4n) is 12.7. The molecule has 2 aromatic carbocycles. The van der Waals surface area contributed by atoms with Gasteiger partial charge in [-0.05, 0) is 104 Å². The zero-order valence-corrected chi connectivity index (χ0v) is 48.1. The maximum atomic E-state index is 15.1. The van der Waals surface area contributed by atoms with Crippen molar-refractivity contribution < 1.29 is 42.9 Å². The minimum absolute atomic E-state index is 0.139. The van der Waals surface area contributed by atoms with Gasteiger partial charge in [0.05, 0.1) is 68.0 Å². The molecule has 18 heteroatoms. The average Bonchev–Trinajstić information content (AvgIpc) is 4.14. The number of methoxy groups -OCH3 is 1. The molecule has 410 valence electrons. The second kappa shape index (κ2) is 22.1. The number of cyclic esters (lactones) is 1. The number of aryl methyl sites for hydroxylation is 1. The topological polar surface area (TPSA) is 177 Å². The molecule has 6 bridgehead atoms. The highest BCUT2D eigenvalue weighted by Crippen LogP contribution is 2.44. The minimum Gasteiger partial charge on any atom is -0.464 e. The van der Waals surface area contributed by atoms with Crippen LogP contribution >= 0.6 is 0 Å². The molecule has 0 aliphatic carbocycles. The summed E-state index contributed by atoms with van der Waals surface area (Å²) >= 11 is 0. The monoisotopic (exact) mass is 1070 g/mol. The fourth-order valence-corrected chi connectivity index (χ4v) is 13.4. The molecule has 77 heavy (non-hydrogen) atoms. The number of fused-ring (bicyclic) bond motifs is 6. The van der Waals surface area contributed by atoms with Crippen molar-refractivity contribution in [2.45, 2.75) is 122 Å². The van der Waals surface area contributed by atoms with E-state index >= 15 is 9.59 Å². The van der Waals surface area contributed by atoms with E-state index in [4.69, 9.17) is 23.9 Å². The third kappa shape index (κ3) is 10.7. The molecule has 4 aromatic rings. The van der Waals surface area contributed by atoms with Crippen molar-refractivity contribution in [3.63, 3.8) is 0 Å². The molecule has 6 atom stereocenters. The molecule has 4 amide bonds. The summed E-state index contributed by atoms with van der Waals surface area (Å²) in [6.45, 7) is 17.4. The molecular weight excluding hydrogens is 993 g/mol. The molecule has 0 unspecified atom stereocenters. The van der Waals surface area contributed by atoms with E-state index in [2.05, 4.69) is 89.2 Å². The van der Waals surface area contributed by atoms with Crippen LogP contribution in [0.15, 0.2) is 60.8 Å². The first kappa shape index (κ1) is 54.4. The summed E-state index contributed by atoms with van der Waals surface area (Å²) in [5.41, 5.74) is 9.82. The van der Waals surface area contributed by atoms with Gasteiger partial charge in [0, 0.05) is 91.1 Å². The molecule has 5 saturated heterocycles. The van der Waals surface area contributed by atoms with Crippen molar-refractivity contribution in [2.24, 2.45) is 16.7 Å². The normalized spacial score (nSPS) is 26.1. The second-order valence-electron chi connectivity index (χ2n) is 23.5. The first-order valence-electron chi connectivity index (χ1n) is 27.7. The van der Waals surface area contributed by atoms with Gasteiger partial charge in [-0.2, -0.15) is 0 Å². The molecule has 6 aliphatic rings. The largest absolute Gasteiger partial charge is 0.464 e. The van der Waals surface area contributed by atoms with Crippen LogP contribution in [0.1, 0.15) is 90.2 Å². The summed E-state index contributed by atoms with van der Waals surface area (Å²) in [6.07, 6.45) is 4.29. The number of hydrazine groups is 1. The van der Waals surface area contributed by atoms with Gasteiger partial charge in [-0.25, -0.2) is 5.43 Å². The van der Waals surface area contributed by atoms with Crippen molar-refractivity contribution in [3.8, 4) is 34.2 Å². The first-order valence-corrected chi connectivity index (χ1v) is 28.7. The molecule has 17 nitrogen and oxygen atoms in total. The third-order valence-corrected chi connectivity index (χ3v) is 18.2. The summed E-state index contributed by atoms with van der Waals surface area (Å²) in [4.78, 5) is 83.3. The lowest BCUT2D eigenvalue weighted by Crippen LogP contribution is -2.67. The van der Waals surface area contributed by atoms with Gasteiger partial charge in [-0.3, -0.25) is 38.9 Å². The number of carbonyl (C=O) groups is 5. The summed E-state index contributed by atoms with van der Waals surface area (Å²) in [5, 5.41) is 4.65. The predicted molar refractivity (Wildman–Crippen MR) is 295 cm³/mol. The average molecular weight is 1070 g/mol. The number of nitrogens with one attached hydrogen (secondary N) is 2. The van der Waals surface area contributed by atoms with E-state index in [1.165, 1.54) is 5.01 Å². The maximum Gasteiger partial charge on any atom is 0.323 e. The van der Waals surface area contributed by atoms with Crippen LogP contribution in [-0.4, -0.2) is 171 Å². The Morgan fingerprint density at radius 3 is 2.51 bits per heavy atom. The molecule has 8 heterocycles. The lowest BCUT2D eigenvalue weighted by atomic mass is 9.84. The molecule has 2 aromatic heterocycles. The molecule has 10 rings (SSSR count). The summed E-state index contributed by atoms with van der Waals surface area (Å²) < 4.78 is 25.6. The van der Waals surface area contributed by atoms with E-state index in [0.29, 0.717) is 95.0 Å². The fraction of sp³-hybridized carbons (Fsp3) is 0.559. The second-order valence-corrected chi connectivity index (χ2v) is 25.2. The van der Waals surface area contributed by atoms with E-state index in [0.717, 1.165) is 56.7 Å². The number of nitrogens with zero attached hydrogens (tertiary/aromatic N) is 6. The van der Waals surface area contributed by atoms with Gasteiger partial charge >= 0.3 is 5.97 Å². The van der Waals surface area contributed by atoms with Crippen LogP contribution in [0.4, 0.5) is 0 Å². The lowest BCUT2D eigenvalue weighted by Gasteiger charge is -2.42. The van der Waals surface area contributed by atoms with E-state index in [-0.39, 0.29) is 61.4 Å². The highest BCUT2D eigenvalue weighted by atomic mass is 28.1. The minimum atomic E-state index is -1.10. The molecule has 1 spiro atoms. The number of benzene rings is 2. The van der Waals surface area contributed by atoms with E-state index in [1.807, 2.05) is 39.0 Å². The van der Waals surface area contributed by atoms with Crippen molar-refractivity contribution in [2.75, 3.05) is 72.9 Å². The zero-order chi connectivity index (χ0) is 54.4. The van der Waals surface area contributed by atoms with E-state index in [1.54, 1.807) is 23.1 Å². The van der Waals surface area contributed by atoms with Gasteiger partial charge < -0.3 is 38.6 Å². The van der Waals surface area contributed by atoms with Gasteiger partial charge in [0.15, 0.2) is 0 Å². The van der Waals surface area contributed by atoms with Gasteiger partial charge in [0.1, 0.15) is 17.2 Å². The van der Waals surface area contributed by atoms with Gasteiger partial charge in [-0.15, -0.1) is 0 Å². The molecule has 0 saturated carbocycles. The Kier molecular flexibility index (Phi) is 15.6. The number of likely N-dealkylation sites (tertiary alicyclic amines) is 2. The molecule has 5 fully saturated rings. The molecule has 2 N–H and O–H groups in total. The number of amides is 4. The van der Waals surface area contributed by atoms with Crippen LogP contribution in [0.2, 0.25) is 0 Å². The van der Waals surface area contributed by atoms with Crippen molar-refractivity contribution in [3.05, 3.63) is 77.6 Å². The maximum absolute atomic E-state index is 15.1.